The number of methoxy groups -OCH3 is 1. The summed E-state index contributed by atoms with van der Waals surface area (Å²) in [7, 11) is 3.25. The lowest BCUT2D eigenvalue weighted by atomic mass is 10.1. The van der Waals surface area contributed by atoms with Crippen LogP contribution in [0, 0.1) is 0 Å². The lowest BCUT2D eigenvalue weighted by Gasteiger charge is -2.22. The fraction of sp³-hybridized carbons (Fsp3) is 0.462. The summed E-state index contributed by atoms with van der Waals surface area (Å²) in [5, 5.41) is 0. The van der Waals surface area contributed by atoms with Gasteiger partial charge in [0.25, 0.3) is 0 Å². The van der Waals surface area contributed by atoms with Crippen LogP contribution in [0.5, 0.6) is 0 Å². The predicted octanol–water partition coefficient (Wildman–Crippen LogP) is 1.19. The van der Waals surface area contributed by atoms with Crippen molar-refractivity contribution < 1.29 is 9.53 Å². The Bertz CT molecular complexity index is 362. The Labute approximate surface area is 102 Å². The number of rotatable bonds is 5. The van der Waals surface area contributed by atoms with Gasteiger partial charge in [-0.25, -0.2) is 0 Å². The van der Waals surface area contributed by atoms with Crippen LogP contribution in [0.25, 0.3) is 0 Å². The SMILES string of the molecule is CCc1ccc(N(C)CC(N)C(=O)OC)cc1. The van der Waals surface area contributed by atoms with Crippen LogP contribution >= 0.6 is 0 Å². The van der Waals surface area contributed by atoms with E-state index in [1.807, 2.05) is 24.1 Å². The minimum absolute atomic E-state index is 0.387. The summed E-state index contributed by atoms with van der Waals surface area (Å²) < 4.78 is 4.59. The van der Waals surface area contributed by atoms with Gasteiger partial charge < -0.3 is 15.4 Å². The van der Waals surface area contributed by atoms with Gasteiger partial charge >= 0.3 is 5.97 Å². The van der Waals surface area contributed by atoms with Crippen molar-refractivity contribution in [3.63, 3.8) is 0 Å². The van der Waals surface area contributed by atoms with Gasteiger partial charge in [-0.3, -0.25) is 4.79 Å². The third-order valence-electron chi connectivity index (χ3n) is 2.76. The molecule has 2 N–H and O–H groups in total. The van der Waals surface area contributed by atoms with E-state index >= 15 is 0 Å². The molecule has 0 aromatic heterocycles. The molecule has 0 saturated carbocycles. The minimum atomic E-state index is -0.615. The van der Waals surface area contributed by atoms with Gasteiger partial charge in [-0.2, -0.15) is 0 Å². The van der Waals surface area contributed by atoms with Gasteiger partial charge in [0.05, 0.1) is 7.11 Å². The highest BCUT2D eigenvalue weighted by molar-refractivity contribution is 5.76. The van der Waals surface area contributed by atoms with Crippen LogP contribution < -0.4 is 10.6 Å². The summed E-state index contributed by atoms with van der Waals surface area (Å²) in [5.41, 5.74) is 8.04. The van der Waals surface area contributed by atoms with Crippen molar-refractivity contribution in [1.82, 2.24) is 0 Å². The summed E-state index contributed by atoms with van der Waals surface area (Å²) >= 11 is 0. The topological polar surface area (TPSA) is 55.6 Å². The summed E-state index contributed by atoms with van der Waals surface area (Å²) in [6.07, 6.45) is 1.02. The van der Waals surface area contributed by atoms with Crippen LogP contribution in [-0.2, 0) is 16.0 Å². The number of nitrogens with two attached hydrogens (primary N) is 1. The highest BCUT2D eigenvalue weighted by Crippen LogP contribution is 2.14. The molecular formula is C13H20N2O2. The number of carbonyl (C=O) groups is 1. The molecule has 4 heteroatoms. The van der Waals surface area contributed by atoms with Gasteiger partial charge in [0, 0.05) is 19.3 Å². The molecule has 0 heterocycles. The van der Waals surface area contributed by atoms with Crippen LogP contribution in [0.15, 0.2) is 24.3 Å². The monoisotopic (exact) mass is 236 g/mol. The van der Waals surface area contributed by atoms with Gasteiger partial charge in [-0.1, -0.05) is 19.1 Å². The summed E-state index contributed by atoms with van der Waals surface area (Å²) in [5.74, 6) is -0.387. The highest BCUT2D eigenvalue weighted by Gasteiger charge is 2.16. The van der Waals surface area contributed by atoms with Crippen molar-refractivity contribution in [1.29, 1.82) is 0 Å². The molecule has 1 unspecified atom stereocenters. The molecule has 0 aliphatic carbocycles. The third-order valence-corrected chi connectivity index (χ3v) is 2.76. The Morgan fingerprint density at radius 2 is 2.00 bits per heavy atom. The van der Waals surface area contributed by atoms with Gasteiger partial charge in [-0.15, -0.1) is 0 Å². The van der Waals surface area contributed by atoms with Crippen molar-refractivity contribution in [2.75, 3.05) is 25.6 Å². The van der Waals surface area contributed by atoms with Crippen LogP contribution in [0.4, 0.5) is 5.69 Å². The lowest BCUT2D eigenvalue weighted by molar-refractivity contribution is -0.141. The first-order valence-corrected chi connectivity index (χ1v) is 5.72. The molecule has 0 fully saturated rings. The molecule has 0 bridgehead atoms. The maximum absolute atomic E-state index is 11.2. The zero-order valence-corrected chi connectivity index (χ0v) is 10.6. The number of hydrogen-bond donors (Lipinski definition) is 1. The van der Waals surface area contributed by atoms with Gasteiger partial charge in [-0.05, 0) is 24.1 Å². The second-order valence-corrected chi connectivity index (χ2v) is 4.03. The molecule has 1 atom stereocenters. The number of benzene rings is 1. The van der Waals surface area contributed by atoms with Crippen molar-refractivity contribution in [3.8, 4) is 0 Å². The Morgan fingerprint density at radius 3 is 2.47 bits per heavy atom. The first-order valence-electron chi connectivity index (χ1n) is 5.72. The quantitative estimate of drug-likeness (QED) is 0.780. The largest absolute Gasteiger partial charge is 0.468 e. The van der Waals surface area contributed by atoms with Crippen LogP contribution in [-0.4, -0.2) is 32.7 Å². The molecule has 0 aliphatic rings. The van der Waals surface area contributed by atoms with Gasteiger partial charge in [0.15, 0.2) is 0 Å². The average molecular weight is 236 g/mol. The normalized spacial score (nSPS) is 12.0. The Kier molecular flexibility index (Phi) is 4.97. The molecule has 0 saturated heterocycles. The number of aryl methyl sites for hydroxylation is 1. The fourth-order valence-corrected chi connectivity index (χ4v) is 1.61. The van der Waals surface area contributed by atoms with Gasteiger partial charge in [0.2, 0.25) is 0 Å². The maximum Gasteiger partial charge on any atom is 0.324 e. The predicted molar refractivity (Wildman–Crippen MR) is 69.1 cm³/mol. The van der Waals surface area contributed by atoms with E-state index in [0.29, 0.717) is 6.54 Å². The smallest absolute Gasteiger partial charge is 0.324 e. The van der Waals surface area contributed by atoms with E-state index in [2.05, 4.69) is 23.8 Å². The first-order chi connectivity index (χ1) is 8.08. The molecule has 0 aliphatic heterocycles. The number of carbonyl (C=O) groups excluding carboxylic acids is 1. The molecule has 0 spiro atoms. The number of esters is 1. The highest BCUT2D eigenvalue weighted by atomic mass is 16.5. The van der Waals surface area contributed by atoms with E-state index < -0.39 is 6.04 Å². The Balaban J connectivity index is 2.62. The fourth-order valence-electron chi connectivity index (χ4n) is 1.61. The molecular weight excluding hydrogens is 216 g/mol. The maximum atomic E-state index is 11.2. The average Bonchev–Trinajstić information content (AvgIpc) is 2.37. The zero-order valence-electron chi connectivity index (χ0n) is 10.6. The summed E-state index contributed by atoms with van der Waals surface area (Å²) in [6, 6.07) is 7.60. The molecule has 1 aromatic carbocycles. The van der Waals surface area contributed by atoms with E-state index in [-0.39, 0.29) is 5.97 Å². The van der Waals surface area contributed by atoms with Crippen molar-refractivity contribution in [3.05, 3.63) is 29.8 Å². The molecule has 0 amide bonds. The second-order valence-electron chi connectivity index (χ2n) is 4.03. The van der Waals surface area contributed by atoms with Crippen LogP contribution in [0.2, 0.25) is 0 Å². The van der Waals surface area contributed by atoms with Crippen molar-refractivity contribution in [2.45, 2.75) is 19.4 Å². The van der Waals surface area contributed by atoms with Crippen LogP contribution in [0.1, 0.15) is 12.5 Å². The molecule has 1 aromatic rings. The van der Waals surface area contributed by atoms with E-state index in [1.165, 1.54) is 12.7 Å². The van der Waals surface area contributed by atoms with E-state index in [4.69, 9.17) is 5.73 Å². The molecule has 94 valence electrons. The number of likely N-dealkylation sites (N-methyl/N-ethyl adjacent to an activating group) is 1. The molecule has 0 radical (unpaired) electrons. The molecule has 17 heavy (non-hydrogen) atoms. The van der Waals surface area contributed by atoms with Crippen molar-refractivity contribution in [2.24, 2.45) is 5.73 Å². The lowest BCUT2D eigenvalue weighted by Crippen LogP contribution is -2.42. The van der Waals surface area contributed by atoms with E-state index in [9.17, 15) is 4.79 Å². The summed E-state index contributed by atoms with van der Waals surface area (Å²) in [6.45, 7) is 2.56. The summed E-state index contributed by atoms with van der Waals surface area (Å²) in [4.78, 5) is 13.2. The van der Waals surface area contributed by atoms with E-state index in [1.54, 1.807) is 0 Å². The Morgan fingerprint density at radius 1 is 1.41 bits per heavy atom. The van der Waals surface area contributed by atoms with Gasteiger partial charge in [0.1, 0.15) is 6.04 Å². The van der Waals surface area contributed by atoms with Crippen LogP contribution in [0.3, 0.4) is 0 Å². The first kappa shape index (κ1) is 13.5. The third kappa shape index (κ3) is 3.75. The number of hydrogen-bond acceptors (Lipinski definition) is 4. The molecule has 4 nitrogen and oxygen atoms in total. The number of ether oxygens (including phenoxy) is 1. The van der Waals surface area contributed by atoms with E-state index in [0.717, 1.165) is 12.1 Å². The second kappa shape index (κ2) is 6.25. The standard InChI is InChI=1S/C13H20N2O2/c1-4-10-5-7-11(8-6-10)15(2)9-12(14)13(16)17-3/h5-8,12H,4,9,14H2,1-3H3. The zero-order chi connectivity index (χ0) is 12.8. The van der Waals surface area contributed by atoms with Crippen molar-refractivity contribution >= 4 is 11.7 Å². The number of nitrogens with zero attached hydrogens (tertiary/aromatic N) is 1. The number of anilines is 1. The minimum Gasteiger partial charge on any atom is -0.468 e. The Hall–Kier alpha value is -1.55. The molecule has 1 rings (SSSR count).